The predicted molar refractivity (Wildman–Crippen MR) is 98.0 cm³/mol. The van der Waals surface area contributed by atoms with Gasteiger partial charge in [-0.05, 0) is 36.8 Å². The molecule has 4 amide bonds. The number of hydrogen-bond acceptors (Lipinski definition) is 6. The number of carbonyl (C=O) groups excluding carboxylic acids is 3. The highest BCUT2D eigenvalue weighted by Crippen LogP contribution is 2.37. The van der Waals surface area contributed by atoms with Crippen molar-refractivity contribution in [2.45, 2.75) is 12.5 Å². The summed E-state index contributed by atoms with van der Waals surface area (Å²) >= 11 is 5.91. The third-order valence-electron chi connectivity index (χ3n) is 4.56. The number of halogens is 1. The first-order valence-electron chi connectivity index (χ1n) is 8.33. The summed E-state index contributed by atoms with van der Waals surface area (Å²) in [6.07, 6.45) is 1.48. The highest BCUT2D eigenvalue weighted by Gasteiger charge is 2.49. The lowest BCUT2D eigenvalue weighted by atomic mass is 9.91. The van der Waals surface area contributed by atoms with Gasteiger partial charge in [-0.1, -0.05) is 17.7 Å². The van der Waals surface area contributed by atoms with Gasteiger partial charge in [0.25, 0.3) is 5.91 Å². The fourth-order valence-corrected chi connectivity index (χ4v) is 3.22. The minimum atomic E-state index is -1.33. The number of urea groups is 1. The van der Waals surface area contributed by atoms with E-state index < -0.39 is 29.9 Å². The molecule has 1 aromatic heterocycles. The Labute approximate surface area is 164 Å². The van der Waals surface area contributed by atoms with Crippen molar-refractivity contribution >= 4 is 35.1 Å². The van der Waals surface area contributed by atoms with Crippen molar-refractivity contribution in [1.29, 1.82) is 0 Å². The number of nitrogens with one attached hydrogen (secondary N) is 2. The van der Waals surface area contributed by atoms with Gasteiger partial charge in [-0.3, -0.25) is 14.5 Å². The van der Waals surface area contributed by atoms with Crippen LogP contribution in [0.5, 0.6) is 11.5 Å². The second-order valence-electron chi connectivity index (χ2n) is 6.40. The average molecular weight is 403 g/mol. The molecule has 0 aliphatic carbocycles. The van der Waals surface area contributed by atoms with Crippen LogP contribution in [0.15, 0.2) is 36.5 Å². The van der Waals surface area contributed by atoms with Gasteiger partial charge in [0.05, 0.1) is 5.69 Å². The summed E-state index contributed by atoms with van der Waals surface area (Å²) in [6.45, 7) is 1.20. The van der Waals surface area contributed by atoms with Crippen LogP contribution in [0.4, 0.5) is 10.5 Å². The van der Waals surface area contributed by atoms with Crippen LogP contribution in [0.25, 0.3) is 0 Å². The number of aromatic nitrogens is 1. The highest BCUT2D eigenvalue weighted by molar-refractivity contribution is 6.32. The minimum absolute atomic E-state index is 0.0962. The number of rotatable bonds is 4. The number of carbonyl (C=O) groups is 3. The summed E-state index contributed by atoms with van der Waals surface area (Å²) in [5.74, 6) is -0.0750. The molecule has 2 N–H and O–H groups in total. The lowest BCUT2D eigenvalue weighted by Crippen LogP contribution is -2.42. The Morgan fingerprint density at radius 3 is 2.89 bits per heavy atom. The van der Waals surface area contributed by atoms with Crippen LogP contribution < -0.4 is 20.1 Å². The zero-order valence-corrected chi connectivity index (χ0v) is 15.4. The largest absolute Gasteiger partial charge is 0.454 e. The fraction of sp³-hybridized carbons (Fsp3) is 0.222. The summed E-state index contributed by atoms with van der Waals surface area (Å²) in [7, 11) is 0. The molecule has 1 unspecified atom stereocenters. The van der Waals surface area contributed by atoms with Gasteiger partial charge in [-0.2, -0.15) is 0 Å². The number of hydrogen-bond donors (Lipinski definition) is 2. The first-order valence-corrected chi connectivity index (χ1v) is 8.71. The molecule has 1 aromatic carbocycles. The Hall–Kier alpha value is -3.33. The van der Waals surface area contributed by atoms with Gasteiger partial charge in [0.15, 0.2) is 16.7 Å². The van der Waals surface area contributed by atoms with E-state index >= 15 is 0 Å². The van der Waals surface area contributed by atoms with Crippen molar-refractivity contribution in [3.05, 3.63) is 47.2 Å². The third-order valence-corrected chi connectivity index (χ3v) is 4.86. The number of amides is 4. The molecule has 28 heavy (non-hydrogen) atoms. The monoisotopic (exact) mass is 402 g/mol. The maximum absolute atomic E-state index is 12.9. The third kappa shape index (κ3) is 2.99. The Bertz CT molecular complexity index is 998. The van der Waals surface area contributed by atoms with Crippen molar-refractivity contribution in [3.8, 4) is 11.5 Å². The van der Waals surface area contributed by atoms with E-state index in [9.17, 15) is 14.4 Å². The molecule has 1 fully saturated rings. The molecule has 2 aromatic rings. The number of nitrogens with zero attached hydrogens (tertiary/aromatic N) is 2. The predicted octanol–water partition coefficient (Wildman–Crippen LogP) is 1.87. The van der Waals surface area contributed by atoms with Crippen molar-refractivity contribution in [3.63, 3.8) is 0 Å². The molecule has 0 bridgehead atoms. The maximum Gasteiger partial charge on any atom is 0.325 e. The first-order chi connectivity index (χ1) is 13.4. The van der Waals surface area contributed by atoms with E-state index in [0.29, 0.717) is 22.7 Å². The van der Waals surface area contributed by atoms with E-state index in [1.54, 1.807) is 37.3 Å². The SMILES string of the molecule is CC1(c2ccc3c(c2)OCO3)NC(=O)N(CC(=O)Nc2cccnc2Cl)C1=O. The lowest BCUT2D eigenvalue weighted by Gasteiger charge is -2.22. The van der Waals surface area contributed by atoms with Crippen molar-refractivity contribution in [2.24, 2.45) is 0 Å². The summed E-state index contributed by atoms with van der Waals surface area (Å²) in [6, 6.07) is 7.48. The number of anilines is 1. The van der Waals surface area contributed by atoms with E-state index in [0.717, 1.165) is 4.90 Å². The van der Waals surface area contributed by atoms with Gasteiger partial charge >= 0.3 is 6.03 Å². The van der Waals surface area contributed by atoms with Gasteiger partial charge in [0, 0.05) is 6.20 Å². The molecule has 9 nitrogen and oxygen atoms in total. The number of ether oxygens (including phenoxy) is 2. The van der Waals surface area contributed by atoms with Crippen molar-refractivity contribution in [1.82, 2.24) is 15.2 Å². The molecule has 4 rings (SSSR count). The molecule has 144 valence electrons. The molecule has 10 heteroatoms. The normalized spacial score (nSPS) is 20.3. The molecule has 0 spiro atoms. The lowest BCUT2D eigenvalue weighted by molar-refractivity contribution is -0.133. The quantitative estimate of drug-likeness (QED) is 0.596. The molecule has 1 saturated heterocycles. The zero-order chi connectivity index (χ0) is 19.9. The van der Waals surface area contributed by atoms with E-state index in [1.165, 1.54) is 6.20 Å². The average Bonchev–Trinajstić information content (AvgIpc) is 3.22. The molecule has 2 aliphatic rings. The van der Waals surface area contributed by atoms with E-state index in [2.05, 4.69) is 15.6 Å². The second kappa shape index (κ2) is 6.68. The summed E-state index contributed by atoms with van der Waals surface area (Å²) < 4.78 is 10.6. The summed E-state index contributed by atoms with van der Waals surface area (Å²) in [5, 5.41) is 5.29. The number of benzene rings is 1. The van der Waals surface area contributed by atoms with Gasteiger partial charge in [0.1, 0.15) is 12.1 Å². The van der Waals surface area contributed by atoms with Crippen LogP contribution in [0.1, 0.15) is 12.5 Å². The summed E-state index contributed by atoms with van der Waals surface area (Å²) in [5.41, 5.74) is -0.516. The highest BCUT2D eigenvalue weighted by atomic mass is 35.5. The number of imide groups is 1. The standard InChI is InChI=1S/C18H15ClN4O5/c1-18(10-4-5-12-13(7-10)28-9-27-12)16(25)23(17(26)22-18)8-14(24)21-11-3-2-6-20-15(11)19/h2-7H,8-9H2,1H3,(H,21,24)(H,22,26). The zero-order valence-electron chi connectivity index (χ0n) is 14.7. The van der Waals surface area contributed by atoms with E-state index in [1.807, 2.05) is 0 Å². The van der Waals surface area contributed by atoms with Gasteiger partial charge in [-0.15, -0.1) is 0 Å². The number of pyridine rings is 1. The second-order valence-corrected chi connectivity index (χ2v) is 6.76. The maximum atomic E-state index is 12.9. The Balaban J connectivity index is 1.52. The van der Waals surface area contributed by atoms with Gasteiger partial charge in [-0.25, -0.2) is 9.78 Å². The van der Waals surface area contributed by atoms with Crippen LogP contribution in [0, 0.1) is 0 Å². The molecular formula is C18H15ClN4O5. The Morgan fingerprint density at radius 2 is 2.11 bits per heavy atom. The van der Waals surface area contributed by atoms with Crippen LogP contribution in [0.2, 0.25) is 5.15 Å². The molecule has 0 saturated carbocycles. The van der Waals surface area contributed by atoms with Gasteiger partial charge in [0.2, 0.25) is 12.7 Å². The summed E-state index contributed by atoms with van der Waals surface area (Å²) in [4.78, 5) is 42.3. The Kier molecular flexibility index (Phi) is 4.31. The van der Waals surface area contributed by atoms with Gasteiger partial charge < -0.3 is 20.1 Å². The molecule has 0 radical (unpaired) electrons. The van der Waals surface area contributed by atoms with Crippen molar-refractivity contribution < 1.29 is 23.9 Å². The minimum Gasteiger partial charge on any atom is -0.454 e. The Morgan fingerprint density at radius 1 is 1.32 bits per heavy atom. The van der Waals surface area contributed by atoms with Crippen LogP contribution in [-0.2, 0) is 15.1 Å². The van der Waals surface area contributed by atoms with Crippen molar-refractivity contribution in [2.75, 3.05) is 18.7 Å². The van der Waals surface area contributed by atoms with Crippen LogP contribution in [-0.4, -0.2) is 41.1 Å². The van der Waals surface area contributed by atoms with E-state index in [-0.39, 0.29) is 11.9 Å². The fourth-order valence-electron chi connectivity index (χ4n) is 3.06. The first kappa shape index (κ1) is 18.1. The molecular weight excluding hydrogens is 388 g/mol. The van der Waals surface area contributed by atoms with Crippen LogP contribution >= 0.6 is 11.6 Å². The number of fused-ring (bicyclic) bond motifs is 1. The molecule has 2 aliphatic heterocycles. The van der Waals surface area contributed by atoms with E-state index in [4.69, 9.17) is 21.1 Å². The molecule has 3 heterocycles. The van der Waals surface area contributed by atoms with Crippen LogP contribution in [0.3, 0.4) is 0 Å². The smallest absolute Gasteiger partial charge is 0.325 e. The topological polar surface area (TPSA) is 110 Å². The molecule has 1 atom stereocenters.